The molecule has 2 atom stereocenters. The van der Waals surface area contributed by atoms with Gasteiger partial charge in [0.1, 0.15) is 6.07 Å². The Labute approximate surface area is 125 Å². The van der Waals surface area contributed by atoms with Crippen LogP contribution in [0.2, 0.25) is 0 Å². The first-order valence-corrected chi connectivity index (χ1v) is 7.49. The third-order valence-corrected chi connectivity index (χ3v) is 4.26. The second-order valence-corrected chi connectivity index (χ2v) is 5.82. The molecule has 1 saturated heterocycles. The molecular formula is C17H20N4. The summed E-state index contributed by atoms with van der Waals surface area (Å²) >= 11 is 0. The highest BCUT2D eigenvalue weighted by molar-refractivity contribution is 5.53. The molecule has 1 N–H and O–H groups in total. The average molecular weight is 280 g/mol. The van der Waals surface area contributed by atoms with E-state index in [1.807, 2.05) is 37.6 Å². The van der Waals surface area contributed by atoms with Gasteiger partial charge in [-0.3, -0.25) is 0 Å². The summed E-state index contributed by atoms with van der Waals surface area (Å²) in [7, 11) is 0. The molecule has 1 aliphatic rings. The highest BCUT2D eigenvalue weighted by atomic mass is 15.1. The van der Waals surface area contributed by atoms with Gasteiger partial charge >= 0.3 is 0 Å². The molecule has 0 radical (unpaired) electrons. The van der Waals surface area contributed by atoms with Gasteiger partial charge in [0.15, 0.2) is 0 Å². The van der Waals surface area contributed by atoms with Crippen LogP contribution >= 0.6 is 0 Å². The summed E-state index contributed by atoms with van der Waals surface area (Å²) in [6.45, 7) is 4.19. The Morgan fingerprint density at radius 2 is 2.24 bits per heavy atom. The minimum atomic E-state index is 0.309. The van der Waals surface area contributed by atoms with E-state index in [9.17, 15) is 5.26 Å². The fourth-order valence-electron chi connectivity index (χ4n) is 3.13. The van der Waals surface area contributed by atoms with Gasteiger partial charge in [-0.05, 0) is 44.7 Å². The molecule has 108 valence electrons. The lowest BCUT2D eigenvalue weighted by atomic mass is 9.97. The first-order valence-electron chi connectivity index (χ1n) is 7.49. The van der Waals surface area contributed by atoms with E-state index in [4.69, 9.17) is 0 Å². The molecule has 0 spiro atoms. The predicted molar refractivity (Wildman–Crippen MR) is 82.2 cm³/mol. The van der Waals surface area contributed by atoms with Crippen molar-refractivity contribution in [2.24, 2.45) is 0 Å². The third-order valence-electron chi connectivity index (χ3n) is 4.26. The summed E-state index contributed by atoms with van der Waals surface area (Å²) in [5, 5.41) is 13.1. The molecule has 1 aromatic carbocycles. The zero-order valence-corrected chi connectivity index (χ0v) is 12.5. The number of hydrogen-bond donors (Lipinski definition) is 1. The van der Waals surface area contributed by atoms with Gasteiger partial charge in [-0.15, -0.1) is 0 Å². The predicted octanol–water partition coefficient (Wildman–Crippen LogP) is 3.26. The van der Waals surface area contributed by atoms with Crippen LogP contribution in [0.15, 0.2) is 30.7 Å². The molecule has 1 fully saturated rings. The molecule has 0 amide bonds. The van der Waals surface area contributed by atoms with Gasteiger partial charge in [0.25, 0.3) is 0 Å². The molecular weight excluding hydrogens is 260 g/mol. The van der Waals surface area contributed by atoms with Crippen LogP contribution in [-0.4, -0.2) is 15.6 Å². The second-order valence-electron chi connectivity index (χ2n) is 5.82. The maximum atomic E-state index is 9.44. The van der Waals surface area contributed by atoms with E-state index in [1.165, 1.54) is 12.8 Å². The highest BCUT2D eigenvalue weighted by Crippen LogP contribution is 2.28. The molecule has 2 heterocycles. The molecule has 2 aromatic rings. The molecule has 2 unspecified atom stereocenters. The lowest BCUT2D eigenvalue weighted by Gasteiger charge is -2.29. The number of nitrogens with zero attached hydrogens (tertiary/aromatic N) is 3. The monoisotopic (exact) mass is 280 g/mol. The Bertz CT molecular complexity index is 680. The number of hydrogen-bond acceptors (Lipinski definition) is 3. The van der Waals surface area contributed by atoms with Crippen LogP contribution in [0, 0.1) is 18.3 Å². The number of nitriles is 1. The van der Waals surface area contributed by atoms with Gasteiger partial charge in [0, 0.05) is 12.1 Å². The van der Waals surface area contributed by atoms with Gasteiger partial charge < -0.3 is 9.88 Å². The summed E-state index contributed by atoms with van der Waals surface area (Å²) in [6.07, 6.45) is 7.29. The Kier molecular flexibility index (Phi) is 3.76. The topological polar surface area (TPSA) is 53.6 Å². The van der Waals surface area contributed by atoms with E-state index in [0.29, 0.717) is 12.1 Å². The molecule has 4 heteroatoms. The lowest BCUT2D eigenvalue weighted by molar-refractivity contribution is 0.334. The molecule has 4 nitrogen and oxygen atoms in total. The maximum absolute atomic E-state index is 9.44. The van der Waals surface area contributed by atoms with Crippen molar-refractivity contribution in [2.45, 2.75) is 45.2 Å². The Morgan fingerprint density at radius 3 is 3.00 bits per heavy atom. The smallest absolute Gasteiger partial charge is 0.102 e. The number of aromatic nitrogens is 2. The molecule has 21 heavy (non-hydrogen) atoms. The number of nitrogens with one attached hydrogen (secondary N) is 1. The van der Waals surface area contributed by atoms with Crippen molar-refractivity contribution in [3.8, 4) is 11.8 Å². The van der Waals surface area contributed by atoms with E-state index >= 15 is 0 Å². The largest absolute Gasteiger partial charge is 0.306 e. The van der Waals surface area contributed by atoms with Crippen molar-refractivity contribution in [2.75, 3.05) is 0 Å². The van der Waals surface area contributed by atoms with Gasteiger partial charge in [0.2, 0.25) is 0 Å². The zero-order chi connectivity index (χ0) is 14.8. The zero-order valence-electron chi connectivity index (χ0n) is 12.5. The minimum absolute atomic E-state index is 0.309. The van der Waals surface area contributed by atoms with Crippen LogP contribution in [0.3, 0.4) is 0 Å². The van der Waals surface area contributed by atoms with E-state index in [1.54, 1.807) is 0 Å². The third kappa shape index (κ3) is 2.57. The Hall–Kier alpha value is -2.12. The minimum Gasteiger partial charge on any atom is -0.306 e. The van der Waals surface area contributed by atoms with Gasteiger partial charge in [-0.1, -0.05) is 12.1 Å². The maximum Gasteiger partial charge on any atom is 0.102 e. The van der Waals surface area contributed by atoms with Gasteiger partial charge in [-0.2, -0.15) is 5.26 Å². The fourth-order valence-corrected chi connectivity index (χ4v) is 3.13. The first-order chi connectivity index (χ1) is 10.2. The Balaban J connectivity index is 2.04. The van der Waals surface area contributed by atoms with Crippen LogP contribution in [0.25, 0.3) is 5.69 Å². The van der Waals surface area contributed by atoms with E-state index < -0.39 is 0 Å². The molecule has 3 rings (SSSR count). The van der Waals surface area contributed by atoms with Crippen molar-refractivity contribution in [3.05, 3.63) is 47.5 Å². The molecule has 1 aromatic heterocycles. The quantitative estimate of drug-likeness (QED) is 0.918. The summed E-state index contributed by atoms with van der Waals surface area (Å²) in [4.78, 5) is 4.32. The van der Waals surface area contributed by atoms with Crippen molar-refractivity contribution in [3.63, 3.8) is 0 Å². The summed E-state index contributed by atoms with van der Waals surface area (Å²) in [5.74, 6) is 0. The Morgan fingerprint density at radius 1 is 1.38 bits per heavy atom. The van der Waals surface area contributed by atoms with Crippen molar-refractivity contribution in [1.29, 1.82) is 5.26 Å². The van der Waals surface area contributed by atoms with Crippen molar-refractivity contribution in [1.82, 2.24) is 14.9 Å². The van der Waals surface area contributed by atoms with Crippen LogP contribution in [-0.2, 0) is 0 Å². The van der Waals surface area contributed by atoms with Crippen molar-refractivity contribution >= 4 is 0 Å². The number of piperidine rings is 1. The van der Waals surface area contributed by atoms with Crippen LogP contribution < -0.4 is 5.32 Å². The molecule has 0 bridgehead atoms. The number of rotatable bonds is 2. The van der Waals surface area contributed by atoms with E-state index in [2.05, 4.69) is 27.9 Å². The standard InChI is InChI=1S/C17H20N4/c1-12-5-3-8-16(14(12)9-18)21-11-19-10-17(21)15-7-4-6-13(2)20-15/h3,5,8,10-11,13,15,20H,4,6-7H2,1-2H3. The number of imidazole rings is 1. The SMILES string of the molecule is Cc1cccc(-n2cncc2C2CCCC(C)N2)c1C#N. The van der Waals surface area contributed by atoms with Crippen molar-refractivity contribution < 1.29 is 0 Å². The molecule has 1 aliphatic heterocycles. The first kappa shape index (κ1) is 13.8. The molecule has 0 aliphatic carbocycles. The van der Waals surface area contributed by atoms with E-state index in [0.717, 1.165) is 28.9 Å². The van der Waals surface area contributed by atoms with Crippen LogP contribution in [0.5, 0.6) is 0 Å². The number of benzene rings is 1. The fraction of sp³-hybridized carbons (Fsp3) is 0.412. The summed E-state index contributed by atoms with van der Waals surface area (Å²) in [6, 6.07) is 9.11. The lowest BCUT2D eigenvalue weighted by Crippen LogP contribution is -2.35. The van der Waals surface area contributed by atoms with Crippen LogP contribution in [0.1, 0.15) is 49.0 Å². The van der Waals surface area contributed by atoms with Gasteiger partial charge in [-0.25, -0.2) is 4.98 Å². The average Bonchev–Trinajstić information content (AvgIpc) is 2.96. The second kappa shape index (κ2) is 5.71. The molecule has 0 saturated carbocycles. The van der Waals surface area contributed by atoms with Crippen LogP contribution in [0.4, 0.5) is 0 Å². The van der Waals surface area contributed by atoms with E-state index in [-0.39, 0.29) is 0 Å². The summed E-state index contributed by atoms with van der Waals surface area (Å²) < 4.78 is 2.06. The summed E-state index contributed by atoms with van der Waals surface area (Å²) in [5.41, 5.74) is 3.79. The van der Waals surface area contributed by atoms with Gasteiger partial charge in [0.05, 0.1) is 29.5 Å². The highest BCUT2D eigenvalue weighted by Gasteiger charge is 2.23. The number of aryl methyl sites for hydroxylation is 1. The normalized spacial score (nSPS) is 22.0.